The number of amides is 1. The Morgan fingerprint density at radius 2 is 1.90 bits per heavy atom. The van der Waals surface area contributed by atoms with E-state index in [0.717, 1.165) is 16.0 Å². The fraction of sp³-hybridized carbons (Fsp3) is 0.167. The van der Waals surface area contributed by atoms with Crippen LogP contribution in [0.3, 0.4) is 0 Å². The van der Waals surface area contributed by atoms with Crippen LogP contribution >= 0.6 is 11.3 Å². The number of methoxy groups -OCH3 is 1. The number of carbonyl (C=O) groups excluding carboxylic acids is 2. The molecule has 2 aromatic carbocycles. The highest BCUT2D eigenvalue weighted by Gasteiger charge is 2.46. The van der Waals surface area contributed by atoms with Gasteiger partial charge in [-0.05, 0) is 36.1 Å². The maximum Gasteiger partial charge on any atom is 0.295 e. The van der Waals surface area contributed by atoms with E-state index in [1.54, 1.807) is 24.3 Å². The first kappa shape index (κ1) is 19.9. The first-order valence-corrected chi connectivity index (χ1v) is 10.4. The summed E-state index contributed by atoms with van der Waals surface area (Å²) in [5.41, 5.74) is 2.32. The number of likely N-dealkylation sites (tertiary alicyclic amines) is 1. The van der Waals surface area contributed by atoms with Crippen molar-refractivity contribution in [1.82, 2.24) is 4.90 Å². The number of benzene rings is 2. The summed E-state index contributed by atoms with van der Waals surface area (Å²) < 4.78 is 5.24. The number of hydrogen-bond donors (Lipinski definition) is 1. The Labute approximate surface area is 178 Å². The predicted molar refractivity (Wildman–Crippen MR) is 116 cm³/mol. The zero-order valence-corrected chi connectivity index (χ0v) is 17.5. The van der Waals surface area contributed by atoms with Crippen molar-refractivity contribution in [1.29, 1.82) is 0 Å². The molecule has 1 unspecified atom stereocenters. The van der Waals surface area contributed by atoms with Gasteiger partial charge in [0.25, 0.3) is 11.7 Å². The van der Waals surface area contributed by atoms with Gasteiger partial charge in [0.2, 0.25) is 0 Å². The number of hydrogen-bond acceptors (Lipinski definition) is 5. The molecule has 0 saturated carbocycles. The molecule has 4 rings (SSSR count). The van der Waals surface area contributed by atoms with Crippen LogP contribution in [0, 0.1) is 6.92 Å². The van der Waals surface area contributed by atoms with Gasteiger partial charge in [0.1, 0.15) is 11.5 Å². The summed E-state index contributed by atoms with van der Waals surface area (Å²) in [4.78, 5) is 28.5. The van der Waals surface area contributed by atoms with Gasteiger partial charge in [-0.1, -0.05) is 48.0 Å². The van der Waals surface area contributed by atoms with E-state index in [9.17, 15) is 14.7 Å². The van der Waals surface area contributed by atoms with Gasteiger partial charge in [0, 0.05) is 10.4 Å². The number of ketones is 1. The summed E-state index contributed by atoms with van der Waals surface area (Å²) in [6.07, 6.45) is 0. The molecular weight excluding hydrogens is 398 g/mol. The number of carbonyl (C=O) groups is 2. The van der Waals surface area contributed by atoms with E-state index in [2.05, 4.69) is 0 Å². The molecule has 2 heterocycles. The number of aliphatic hydroxyl groups is 1. The van der Waals surface area contributed by atoms with Gasteiger partial charge >= 0.3 is 0 Å². The van der Waals surface area contributed by atoms with Crippen LogP contribution in [-0.4, -0.2) is 28.8 Å². The first-order chi connectivity index (χ1) is 14.5. The van der Waals surface area contributed by atoms with E-state index in [1.165, 1.54) is 23.3 Å². The van der Waals surface area contributed by atoms with Crippen LogP contribution in [0.1, 0.15) is 27.6 Å². The fourth-order valence-electron chi connectivity index (χ4n) is 3.73. The van der Waals surface area contributed by atoms with Crippen LogP contribution in [0.4, 0.5) is 0 Å². The lowest BCUT2D eigenvalue weighted by molar-refractivity contribution is -0.140. The quantitative estimate of drug-likeness (QED) is 0.370. The molecular formula is C24H21NO4S. The lowest BCUT2D eigenvalue weighted by Crippen LogP contribution is -2.28. The van der Waals surface area contributed by atoms with Gasteiger partial charge in [0.15, 0.2) is 0 Å². The second-order valence-corrected chi connectivity index (χ2v) is 8.18. The third-order valence-corrected chi connectivity index (χ3v) is 6.01. The number of Topliss-reactive ketones (excluding diaryl/α,β-unsaturated/α-hetero) is 1. The van der Waals surface area contributed by atoms with Crippen LogP contribution in [-0.2, 0) is 16.1 Å². The highest BCUT2D eigenvalue weighted by molar-refractivity contribution is 7.09. The highest BCUT2D eigenvalue weighted by atomic mass is 32.1. The number of nitrogens with zero attached hydrogens (tertiary/aromatic N) is 1. The zero-order valence-electron chi connectivity index (χ0n) is 16.7. The van der Waals surface area contributed by atoms with E-state index in [1.807, 2.05) is 48.7 Å². The maximum atomic E-state index is 13.0. The number of rotatable bonds is 5. The number of aliphatic hydroxyl groups excluding tert-OH is 1. The Balaban J connectivity index is 1.88. The van der Waals surface area contributed by atoms with E-state index < -0.39 is 17.7 Å². The van der Waals surface area contributed by atoms with E-state index in [0.29, 0.717) is 17.9 Å². The molecule has 1 aromatic heterocycles. The Kier molecular flexibility index (Phi) is 5.42. The molecule has 152 valence electrons. The van der Waals surface area contributed by atoms with Gasteiger partial charge < -0.3 is 14.7 Å². The summed E-state index contributed by atoms with van der Waals surface area (Å²) in [7, 11) is 1.53. The monoisotopic (exact) mass is 419 g/mol. The van der Waals surface area contributed by atoms with Crippen molar-refractivity contribution in [3.63, 3.8) is 0 Å². The highest BCUT2D eigenvalue weighted by Crippen LogP contribution is 2.41. The normalized spacial score (nSPS) is 18.1. The van der Waals surface area contributed by atoms with Crippen LogP contribution in [0.25, 0.3) is 5.76 Å². The molecule has 1 aliphatic heterocycles. The average Bonchev–Trinajstić information content (AvgIpc) is 3.35. The number of aryl methyl sites for hydroxylation is 1. The van der Waals surface area contributed by atoms with Gasteiger partial charge in [-0.15, -0.1) is 11.3 Å². The minimum Gasteiger partial charge on any atom is -0.507 e. The molecule has 0 aliphatic carbocycles. The van der Waals surface area contributed by atoms with Crippen LogP contribution < -0.4 is 4.74 Å². The average molecular weight is 420 g/mol. The summed E-state index contributed by atoms with van der Waals surface area (Å²) in [5.74, 6) is -0.941. The second kappa shape index (κ2) is 8.16. The molecule has 0 radical (unpaired) electrons. The Bertz CT molecular complexity index is 1130. The van der Waals surface area contributed by atoms with Crippen molar-refractivity contribution >= 4 is 28.8 Å². The molecule has 30 heavy (non-hydrogen) atoms. The van der Waals surface area contributed by atoms with Crippen molar-refractivity contribution < 1.29 is 19.4 Å². The van der Waals surface area contributed by atoms with Crippen molar-refractivity contribution in [3.8, 4) is 5.75 Å². The molecule has 1 atom stereocenters. The van der Waals surface area contributed by atoms with Gasteiger partial charge in [-0.3, -0.25) is 9.59 Å². The summed E-state index contributed by atoms with van der Waals surface area (Å²) >= 11 is 1.52. The molecule has 0 bridgehead atoms. The van der Waals surface area contributed by atoms with Crippen LogP contribution in [0.2, 0.25) is 0 Å². The Hall–Kier alpha value is -3.38. The lowest BCUT2D eigenvalue weighted by Gasteiger charge is -2.25. The van der Waals surface area contributed by atoms with Gasteiger partial charge in [-0.2, -0.15) is 0 Å². The number of thiophene rings is 1. The molecule has 5 nitrogen and oxygen atoms in total. The third-order valence-electron chi connectivity index (χ3n) is 5.15. The Morgan fingerprint density at radius 3 is 2.60 bits per heavy atom. The van der Waals surface area contributed by atoms with Crippen molar-refractivity contribution in [3.05, 3.63) is 93.2 Å². The lowest BCUT2D eigenvalue weighted by atomic mass is 9.94. The van der Waals surface area contributed by atoms with Gasteiger partial charge in [-0.25, -0.2) is 0 Å². The fourth-order valence-corrected chi connectivity index (χ4v) is 4.43. The van der Waals surface area contributed by atoms with E-state index >= 15 is 0 Å². The molecule has 1 amide bonds. The van der Waals surface area contributed by atoms with Crippen molar-refractivity contribution in [2.75, 3.05) is 7.11 Å². The van der Waals surface area contributed by atoms with Gasteiger partial charge in [0.05, 0.1) is 25.3 Å². The molecule has 1 N–H and O–H groups in total. The van der Waals surface area contributed by atoms with E-state index in [4.69, 9.17) is 4.74 Å². The minimum atomic E-state index is -0.682. The molecule has 3 aromatic rings. The number of ether oxygens (including phenoxy) is 1. The summed E-state index contributed by atoms with van der Waals surface area (Å²) in [6, 6.07) is 17.7. The Morgan fingerprint density at radius 1 is 1.10 bits per heavy atom. The smallest absolute Gasteiger partial charge is 0.295 e. The SMILES string of the molecule is COc1cccc(/C(O)=C2/C(=O)C(=O)N(Cc3cccs3)C2c2cccc(C)c2)c1. The summed E-state index contributed by atoms with van der Waals surface area (Å²) in [6.45, 7) is 2.26. The van der Waals surface area contributed by atoms with Crippen molar-refractivity contribution in [2.45, 2.75) is 19.5 Å². The van der Waals surface area contributed by atoms with Crippen LogP contribution in [0.15, 0.2) is 71.6 Å². The topological polar surface area (TPSA) is 66.8 Å². The van der Waals surface area contributed by atoms with E-state index in [-0.39, 0.29) is 11.3 Å². The predicted octanol–water partition coefficient (Wildman–Crippen LogP) is 4.69. The third kappa shape index (κ3) is 3.62. The molecule has 6 heteroatoms. The molecule has 1 fully saturated rings. The second-order valence-electron chi connectivity index (χ2n) is 7.15. The summed E-state index contributed by atoms with van der Waals surface area (Å²) in [5, 5.41) is 13.0. The van der Waals surface area contributed by atoms with Crippen LogP contribution in [0.5, 0.6) is 5.75 Å². The van der Waals surface area contributed by atoms with Crippen molar-refractivity contribution in [2.24, 2.45) is 0 Å². The standard InChI is InChI=1S/C24H21NO4S/c1-15-6-3-7-16(12-15)21-20(22(26)17-8-4-9-18(13-17)29-2)23(27)24(28)25(21)14-19-10-5-11-30-19/h3-13,21,26H,14H2,1-2H3/b22-20-. The molecule has 0 spiro atoms. The largest absolute Gasteiger partial charge is 0.507 e. The zero-order chi connectivity index (χ0) is 21.3. The molecule has 1 aliphatic rings. The first-order valence-electron chi connectivity index (χ1n) is 9.51. The maximum absolute atomic E-state index is 13.0. The minimum absolute atomic E-state index is 0.0930. The molecule has 1 saturated heterocycles.